The first-order valence-electron chi connectivity index (χ1n) is 13.9. The Morgan fingerprint density at radius 3 is 2.22 bits per heavy atom. The lowest BCUT2D eigenvalue weighted by molar-refractivity contribution is -0.181. The van der Waals surface area contributed by atoms with Gasteiger partial charge in [0.1, 0.15) is 11.8 Å². The van der Waals surface area contributed by atoms with Gasteiger partial charge in [-0.05, 0) is 69.7 Å². The maximum absolute atomic E-state index is 14.5. The Balaban J connectivity index is 1.78. The highest BCUT2D eigenvalue weighted by molar-refractivity contribution is 5.94. The summed E-state index contributed by atoms with van der Waals surface area (Å²) in [5, 5.41) is 8.89. The number of urea groups is 1. The predicted octanol–water partition coefficient (Wildman–Crippen LogP) is 6.20. The van der Waals surface area contributed by atoms with E-state index in [1.165, 1.54) is 6.92 Å². The van der Waals surface area contributed by atoms with Crippen molar-refractivity contribution in [1.82, 2.24) is 15.3 Å². The van der Waals surface area contributed by atoms with E-state index in [1.807, 2.05) is 70.2 Å². The second-order valence-corrected chi connectivity index (χ2v) is 11.6. The van der Waals surface area contributed by atoms with Gasteiger partial charge in [-0.25, -0.2) is 14.8 Å². The molecule has 4 amide bonds. The quantitative estimate of drug-likeness (QED) is 0.378. The molecule has 8 nitrogen and oxygen atoms in total. The summed E-state index contributed by atoms with van der Waals surface area (Å²) in [4.78, 5) is 41.0. The second kappa shape index (κ2) is 12.5. The lowest BCUT2D eigenvalue weighted by Crippen LogP contribution is -2.61. The van der Waals surface area contributed by atoms with Crippen molar-refractivity contribution in [2.24, 2.45) is 0 Å². The van der Waals surface area contributed by atoms with Crippen molar-refractivity contribution in [3.63, 3.8) is 0 Å². The largest absolute Gasteiger partial charge is 0.497 e. The van der Waals surface area contributed by atoms with E-state index in [0.717, 1.165) is 16.7 Å². The number of methoxy groups -OCH3 is 1. The van der Waals surface area contributed by atoms with E-state index >= 15 is 0 Å². The number of rotatable bonds is 6. The van der Waals surface area contributed by atoms with Gasteiger partial charge in [-0.2, -0.15) is 0 Å². The van der Waals surface area contributed by atoms with E-state index in [1.54, 1.807) is 41.4 Å². The molecular formula is C33H40N4O4. The van der Waals surface area contributed by atoms with Gasteiger partial charge in [0.2, 0.25) is 5.91 Å². The average Bonchev–Trinajstić information content (AvgIpc) is 3.06. The van der Waals surface area contributed by atoms with Gasteiger partial charge in [-0.3, -0.25) is 9.59 Å². The maximum atomic E-state index is 14.5. The van der Waals surface area contributed by atoms with Crippen molar-refractivity contribution >= 4 is 23.5 Å². The first kappa shape index (κ1) is 29.6. The molecule has 3 atom stereocenters. The maximum Gasteiger partial charge on any atom is 0.319 e. The van der Waals surface area contributed by atoms with Gasteiger partial charge in [-0.1, -0.05) is 66.2 Å². The van der Waals surface area contributed by atoms with Crippen LogP contribution in [0.1, 0.15) is 69.2 Å². The highest BCUT2D eigenvalue weighted by Crippen LogP contribution is 2.41. The number of amides is 4. The van der Waals surface area contributed by atoms with Crippen LogP contribution in [0, 0.1) is 6.92 Å². The van der Waals surface area contributed by atoms with Gasteiger partial charge in [0, 0.05) is 18.7 Å². The molecule has 216 valence electrons. The zero-order chi connectivity index (χ0) is 29.7. The van der Waals surface area contributed by atoms with Crippen molar-refractivity contribution < 1.29 is 19.1 Å². The Bertz CT molecular complexity index is 1370. The summed E-state index contributed by atoms with van der Waals surface area (Å²) >= 11 is 0. The number of hydrogen-bond donors (Lipinski definition) is 2. The summed E-state index contributed by atoms with van der Waals surface area (Å²) < 4.78 is 5.27. The molecular weight excluding hydrogens is 516 g/mol. The number of hydrogen-bond acceptors (Lipinski definition) is 4. The molecule has 3 aromatic carbocycles. The molecule has 0 radical (unpaired) electrons. The highest BCUT2D eigenvalue weighted by Gasteiger charge is 2.45. The summed E-state index contributed by atoms with van der Waals surface area (Å²) in [6.45, 7) is 9.22. The molecule has 4 rings (SSSR count). The van der Waals surface area contributed by atoms with Gasteiger partial charge in [-0.15, -0.1) is 0 Å². The molecule has 41 heavy (non-hydrogen) atoms. The molecule has 0 aromatic heterocycles. The third kappa shape index (κ3) is 7.06. The van der Waals surface area contributed by atoms with E-state index in [9.17, 15) is 14.4 Å². The Labute approximate surface area is 242 Å². The standard InChI is InChI=1S/C33H40N4O4/c1-22-15-17-25(18-16-22)30-20-26(24-11-8-7-9-12-24)19-29(31(39)36(30)37(23(2)38)33(3,4)5)35-32(40)34-27-13-10-14-28(21-27)41-6/h7-18,21,26,29-30H,19-20H2,1-6H3,(H2,34,35,40). The predicted molar refractivity (Wildman–Crippen MR) is 160 cm³/mol. The monoisotopic (exact) mass is 556 g/mol. The normalized spacial score (nSPS) is 19.2. The van der Waals surface area contributed by atoms with E-state index in [4.69, 9.17) is 4.74 Å². The molecule has 0 aliphatic carbocycles. The Morgan fingerprint density at radius 1 is 0.927 bits per heavy atom. The van der Waals surface area contributed by atoms with E-state index in [-0.39, 0.29) is 17.7 Å². The van der Waals surface area contributed by atoms with Gasteiger partial charge < -0.3 is 15.4 Å². The number of ether oxygens (including phenoxy) is 1. The van der Waals surface area contributed by atoms with Crippen LogP contribution in [0.25, 0.3) is 0 Å². The fraction of sp³-hybridized carbons (Fsp3) is 0.364. The average molecular weight is 557 g/mol. The van der Waals surface area contributed by atoms with E-state index < -0.39 is 23.7 Å². The molecule has 0 bridgehead atoms. The van der Waals surface area contributed by atoms with Gasteiger partial charge in [0.15, 0.2) is 0 Å². The number of benzene rings is 3. The zero-order valence-corrected chi connectivity index (χ0v) is 24.7. The number of nitrogens with one attached hydrogen (secondary N) is 2. The molecule has 0 spiro atoms. The van der Waals surface area contributed by atoms with Crippen LogP contribution in [0.2, 0.25) is 0 Å². The van der Waals surface area contributed by atoms with E-state index in [2.05, 4.69) is 22.8 Å². The molecule has 3 unspecified atom stereocenters. The summed E-state index contributed by atoms with van der Waals surface area (Å²) in [6.07, 6.45) is 0.956. The third-order valence-corrected chi connectivity index (χ3v) is 7.36. The highest BCUT2D eigenvalue weighted by atomic mass is 16.5. The molecule has 1 aliphatic rings. The summed E-state index contributed by atoms with van der Waals surface area (Å²) in [5.74, 6) is -0.0418. The van der Waals surface area contributed by atoms with Crippen LogP contribution in [0.15, 0.2) is 78.9 Å². The van der Waals surface area contributed by atoms with Crippen LogP contribution in [-0.4, -0.2) is 46.6 Å². The molecule has 1 saturated heterocycles. The number of hydrazine groups is 1. The zero-order valence-electron chi connectivity index (χ0n) is 24.7. The number of carbonyl (C=O) groups is 3. The molecule has 1 aliphatic heterocycles. The Morgan fingerprint density at radius 2 is 1.61 bits per heavy atom. The first-order valence-corrected chi connectivity index (χ1v) is 13.9. The number of aryl methyl sites for hydroxylation is 1. The van der Waals surface area contributed by atoms with Crippen LogP contribution in [0.5, 0.6) is 5.75 Å². The molecule has 1 fully saturated rings. The minimum atomic E-state index is -0.884. The fourth-order valence-corrected chi connectivity index (χ4v) is 5.56. The lowest BCUT2D eigenvalue weighted by Gasteiger charge is -2.47. The van der Waals surface area contributed by atoms with Crippen LogP contribution in [-0.2, 0) is 9.59 Å². The SMILES string of the molecule is COc1cccc(NC(=O)NC2CC(c3ccccc3)CC(c3ccc(C)cc3)N(N(C(C)=O)C(C)(C)C)C2=O)c1. The number of anilines is 1. The van der Waals surface area contributed by atoms with Crippen LogP contribution in [0.4, 0.5) is 10.5 Å². The van der Waals surface area contributed by atoms with Crippen molar-refractivity contribution in [3.05, 3.63) is 95.6 Å². The smallest absolute Gasteiger partial charge is 0.319 e. The lowest BCUT2D eigenvalue weighted by atomic mass is 9.86. The van der Waals surface area contributed by atoms with E-state index in [0.29, 0.717) is 24.3 Å². The molecule has 3 aromatic rings. The minimum Gasteiger partial charge on any atom is -0.497 e. The summed E-state index contributed by atoms with van der Waals surface area (Å²) in [7, 11) is 1.56. The Kier molecular flexibility index (Phi) is 9.01. The molecule has 1 heterocycles. The van der Waals surface area contributed by atoms with Gasteiger partial charge in [0.05, 0.1) is 18.7 Å². The molecule has 0 saturated carbocycles. The van der Waals surface area contributed by atoms with Crippen molar-refractivity contribution in [2.75, 3.05) is 12.4 Å². The number of nitrogens with zero attached hydrogens (tertiary/aromatic N) is 2. The first-order chi connectivity index (χ1) is 19.5. The van der Waals surface area contributed by atoms with Crippen molar-refractivity contribution in [3.8, 4) is 5.75 Å². The number of carbonyl (C=O) groups excluding carboxylic acids is 3. The minimum absolute atomic E-state index is 0.0626. The second-order valence-electron chi connectivity index (χ2n) is 11.6. The van der Waals surface area contributed by atoms with Crippen molar-refractivity contribution in [2.45, 2.75) is 71.0 Å². The summed E-state index contributed by atoms with van der Waals surface area (Å²) in [5.41, 5.74) is 2.96. The van der Waals surface area contributed by atoms with Crippen LogP contribution in [0.3, 0.4) is 0 Å². The topological polar surface area (TPSA) is 91.0 Å². The molecule has 8 heteroatoms. The molecule has 2 N–H and O–H groups in total. The van der Waals surface area contributed by atoms with Crippen LogP contribution < -0.4 is 15.4 Å². The van der Waals surface area contributed by atoms with Crippen molar-refractivity contribution in [1.29, 1.82) is 0 Å². The van der Waals surface area contributed by atoms with Gasteiger partial charge in [0.25, 0.3) is 5.91 Å². The fourth-order valence-electron chi connectivity index (χ4n) is 5.56. The Hall–Kier alpha value is -4.33. The van der Waals surface area contributed by atoms with Gasteiger partial charge >= 0.3 is 6.03 Å². The summed E-state index contributed by atoms with van der Waals surface area (Å²) in [6, 6.07) is 23.3. The third-order valence-electron chi connectivity index (χ3n) is 7.36. The van der Waals surface area contributed by atoms with Crippen LogP contribution >= 0.6 is 0 Å².